The number of hydrogen-bond acceptors (Lipinski definition) is 14. The first-order valence-electron chi connectivity index (χ1n) is 11.2. The molecule has 0 bridgehead atoms. The standard InChI is InChI=1S/C21H27N5O9S2/c1-4-5-6-33-21(30)35-10(2)34-19(29)15-11(7-32-3)8-36-18-14(17(28)26(15)18)24-16(27)13(25-31)12-9-37-20(22)23-12/h9-10,14,18,31H,4-8H2,1-3H3,(H2,22,23)(H,24,27)/b25-13-/t10?,14?,18-/m1/s1. The number of carbonyl (C=O) groups is 4. The number of thioether (sulfide) groups is 1. The zero-order valence-electron chi connectivity index (χ0n) is 20.3. The van der Waals surface area contributed by atoms with Gasteiger partial charge < -0.3 is 35.2 Å². The number of oxime groups is 1. The lowest BCUT2D eigenvalue weighted by Crippen LogP contribution is -2.71. The summed E-state index contributed by atoms with van der Waals surface area (Å²) in [5, 5.41) is 15.8. The molecule has 2 amide bonds. The highest BCUT2D eigenvalue weighted by atomic mass is 32.2. The number of methoxy groups -OCH3 is 1. The Morgan fingerprint density at radius 3 is 2.76 bits per heavy atom. The summed E-state index contributed by atoms with van der Waals surface area (Å²) >= 11 is 2.35. The molecular formula is C21H27N5O9S2. The van der Waals surface area contributed by atoms with Crippen LogP contribution >= 0.6 is 23.1 Å². The molecule has 3 rings (SSSR count). The van der Waals surface area contributed by atoms with Crippen LogP contribution in [0.1, 0.15) is 32.4 Å². The SMILES string of the molecule is CCCCOC(=O)OC(C)OC(=O)C1=C(COC)CS[C@@H]2C(NC(=O)/C(=N\O)c3csc(N)n3)C(=O)N12. The van der Waals surface area contributed by atoms with E-state index in [-0.39, 0.29) is 29.7 Å². The first-order valence-corrected chi connectivity index (χ1v) is 13.1. The van der Waals surface area contributed by atoms with Crippen LogP contribution in [0.25, 0.3) is 0 Å². The van der Waals surface area contributed by atoms with Gasteiger partial charge in [0.05, 0.1) is 13.2 Å². The minimum Gasteiger partial charge on any atom is -0.434 e. The van der Waals surface area contributed by atoms with Gasteiger partial charge >= 0.3 is 12.1 Å². The summed E-state index contributed by atoms with van der Waals surface area (Å²) in [5.74, 6) is -2.03. The van der Waals surface area contributed by atoms with Crippen LogP contribution in [0.4, 0.5) is 9.93 Å². The summed E-state index contributed by atoms with van der Waals surface area (Å²) in [7, 11) is 1.44. The Balaban J connectivity index is 1.69. The van der Waals surface area contributed by atoms with E-state index in [1.807, 2.05) is 6.92 Å². The maximum atomic E-state index is 13.0. The van der Waals surface area contributed by atoms with E-state index in [1.165, 1.54) is 36.1 Å². The molecule has 202 valence electrons. The van der Waals surface area contributed by atoms with E-state index in [9.17, 15) is 24.4 Å². The molecule has 1 aromatic heterocycles. The van der Waals surface area contributed by atoms with Gasteiger partial charge in [0, 0.05) is 25.2 Å². The number of anilines is 1. The third-order valence-electron chi connectivity index (χ3n) is 5.18. The molecule has 0 spiro atoms. The van der Waals surface area contributed by atoms with Crippen LogP contribution in [-0.2, 0) is 33.3 Å². The molecule has 2 aliphatic heterocycles. The molecule has 0 aliphatic carbocycles. The number of hydrogen-bond donors (Lipinski definition) is 3. The van der Waals surface area contributed by atoms with Gasteiger partial charge in [0.15, 0.2) is 10.8 Å². The molecule has 3 heterocycles. The van der Waals surface area contributed by atoms with E-state index < -0.39 is 47.4 Å². The Kier molecular flexibility index (Phi) is 9.71. The number of rotatable bonds is 11. The normalized spacial score (nSPS) is 20.0. The number of carbonyl (C=O) groups excluding carboxylic acids is 4. The fourth-order valence-electron chi connectivity index (χ4n) is 3.48. The first-order chi connectivity index (χ1) is 17.7. The number of aromatic nitrogens is 1. The van der Waals surface area contributed by atoms with Crippen LogP contribution in [-0.4, -0.2) is 88.5 Å². The lowest BCUT2D eigenvalue weighted by atomic mass is 10.0. The van der Waals surface area contributed by atoms with E-state index in [2.05, 4.69) is 15.5 Å². The molecule has 0 radical (unpaired) electrons. The van der Waals surface area contributed by atoms with Gasteiger partial charge in [0.2, 0.25) is 6.29 Å². The summed E-state index contributed by atoms with van der Waals surface area (Å²) in [6.45, 7) is 3.49. The second kappa shape index (κ2) is 12.7. The van der Waals surface area contributed by atoms with Crippen molar-refractivity contribution >= 4 is 57.9 Å². The topological polar surface area (TPSA) is 192 Å². The molecule has 3 atom stereocenters. The largest absolute Gasteiger partial charge is 0.511 e. The van der Waals surface area contributed by atoms with E-state index in [4.69, 9.17) is 24.7 Å². The minimum absolute atomic E-state index is 0.0474. The van der Waals surface area contributed by atoms with Crippen molar-refractivity contribution in [3.8, 4) is 0 Å². The third-order valence-corrected chi connectivity index (χ3v) is 7.19. The van der Waals surface area contributed by atoms with Gasteiger partial charge in [-0.05, 0) is 12.0 Å². The average Bonchev–Trinajstić information content (AvgIpc) is 3.28. The van der Waals surface area contributed by atoms with E-state index >= 15 is 0 Å². The van der Waals surface area contributed by atoms with E-state index in [0.717, 1.165) is 17.8 Å². The second-order valence-corrected chi connectivity index (χ2v) is 9.80. The number of thiazole rings is 1. The van der Waals surface area contributed by atoms with Crippen molar-refractivity contribution < 1.29 is 43.3 Å². The number of amides is 2. The second-order valence-electron chi connectivity index (χ2n) is 7.81. The van der Waals surface area contributed by atoms with Crippen LogP contribution in [0, 0.1) is 0 Å². The number of nitrogen functional groups attached to an aromatic ring is 1. The van der Waals surface area contributed by atoms with Crippen LogP contribution in [0.2, 0.25) is 0 Å². The highest BCUT2D eigenvalue weighted by Crippen LogP contribution is 2.41. The summed E-state index contributed by atoms with van der Waals surface area (Å²) in [6, 6.07) is -1.01. The van der Waals surface area contributed by atoms with Gasteiger partial charge in [-0.15, -0.1) is 23.1 Å². The molecular weight excluding hydrogens is 530 g/mol. The quantitative estimate of drug-likeness (QED) is 0.0667. The molecule has 16 heteroatoms. The Morgan fingerprint density at radius 1 is 1.38 bits per heavy atom. The fraction of sp³-hybridized carbons (Fsp3) is 0.524. The predicted molar refractivity (Wildman–Crippen MR) is 132 cm³/mol. The van der Waals surface area contributed by atoms with Crippen LogP contribution < -0.4 is 11.1 Å². The molecule has 2 aliphatic rings. The first kappa shape index (κ1) is 28.2. The van der Waals surface area contributed by atoms with Crippen LogP contribution in [0.15, 0.2) is 21.8 Å². The lowest BCUT2D eigenvalue weighted by Gasteiger charge is -2.49. The summed E-state index contributed by atoms with van der Waals surface area (Å²) in [6.07, 6.45) is -0.783. The van der Waals surface area contributed by atoms with Crippen molar-refractivity contribution in [2.24, 2.45) is 5.16 Å². The van der Waals surface area contributed by atoms with E-state index in [1.54, 1.807) is 0 Å². The zero-order valence-corrected chi connectivity index (χ0v) is 21.9. The molecule has 14 nitrogen and oxygen atoms in total. The highest BCUT2D eigenvalue weighted by Gasteiger charge is 2.55. The molecule has 1 saturated heterocycles. The summed E-state index contributed by atoms with van der Waals surface area (Å²) in [4.78, 5) is 55.6. The maximum Gasteiger partial charge on any atom is 0.511 e. The lowest BCUT2D eigenvalue weighted by molar-refractivity contribution is -0.169. The number of nitrogens with zero attached hydrogens (tertiary/aromatic N) is 3. The molecule has 1 aromatic rings. The van der Waals surface area contributed by atoms with Crippen molar-refractivity contribution in [2.45, 2.75) is 44.4 Å². The minimum atomic E-state index is -1.29. The van der Waals surface area contributed by atoms with Gasteiger partial charge in [-0.25, -0.2) is 14.6 Å². The number of esters is 1. The molecule has 0 aromatic carbocycles. The van der Waals surface area contributed by atoms with Crippen molar-refractivity contribution in [2.75, 3.05) is 31.8 Å². The van der Waals surface area contributed by atoms with Crippen molar-refractivity contribution in [1.29, 1.82) is 0 Å². The smallest absolute Gasteiger partial charge is 0.434 e. The molecule has 4 N–H and O–H groups in total. The van der Waals surface area contributed by atoms with Gasteiger partial charge in [-0.3, -0.25) is 14.5 Å². The predicted octanol–water partition coefficient (Wildman–Crippen LogP) is 1.05. The van der Waals surface area contributed by atoms with Gasteiger partial charge in [0.25, 0.3) is 11.8 Å². The Hall–Kier alpha value is -3.37. The fourth-order valence-corrected chi connectivity index (χ4v) is 5.35. The number of β-lactam (4-membered cyclic amide) rings is 1. The summed E-state index contributed by atoms with van der Waals surface area (Å²) < 4.78 is 20.2. The monoisotopic (exact) mass is 557 g/mol. The van der Waals surface area contributed by atoms with Gasteiger partial charge in [0.1, 0.15) is 22.8 Å². The van der Waals surface area contributed by atoms with Gasteiger partial charge in [-0.1, -0.05) is 18.5 Å². The number of ether oxygens (including phenoxy) is 4. The molecule has 0 saturated carbocycles. The number of nitrogens with two attached hydrogens (primary N) is 1. The Bertz CT molecular complexity index is 1110. The third kappa shape index (κ3) is 6.50. The van der Waals surface area contributed by atoms with E-state index in [0.29, 0.717) is 17.7 Å². The number of unbranched alkanes of at least 4 members (excludes halogenated alkanes) is 1. The Morgan fingerprint density at radius 2 is 2.14 bits per heavy atom. The highest BCUT2D eigenvalue weighted by molar-refractivity contribution is 8.00. The molecule has 1 fully saturated rings. The van der Waals surface area contributed by atoms with Crippen molar-refractivity contribution in [1.82, 2.24) is 15.2 Å². The van der Waals surface area contributed by atoms with Crippen molar-refractivity contribution in [3.63, 3.8) is 0 Å². The number of fused-ring (bicyclic) bond motifs is 1. The number of nitrogens with one attached hydrogen (secondary N) is 1. The van der Waals surface area contributed by atoms with Crippen LogP contribution in [0.5, 0.6) is 0 Å². The van der Waals surface area contributed by atoms with Crippen LogP contribution in [0.3, 0.4) is 0 Å². The molecule has 2 unspecified atom stereocenters. The Labute approximate surface area is 220 Å². The molecule has 37 heavy (non-hydrogen) atoms. The summed E-state index contributed by atoms with van der Waals surface area (Å²) in [5.41, 5.74) is 5.64. The maximum absolute atomic E-state index is 13.0. The van der Waals surface area contributed by atoms with Crippen molar-refractivity contribution in [3.05, 3.63) is 22.3 Å². The van der Waals surface area contributed by atoms with Gasteiger partial charge in [-0.2, -0.15) is 0 Å². The average molecular weight is 558 g/mol. The zero-order chi connectivity index (χ0) is 27.1.